The molecule has 3 heterocycles. The standard InChI is InChI=1S/C28H27N5O4S2/c1-18-7-4-5-8-21(18)33-26(23-9-6-14-37-23)31-32-28(33)39-17-25-30-20(16-38-25)27(34)29-13-12-19-10-11-22(35-2)24(15-19)36-3/h4-11,14-16H,12-13,17H2,1-3H3,(H,29,34). The minimum atomic E-state index is -0.203. The van der Waals surface area contributed by atoms with E-state index < -0.39 is 0 Å². The molecule has 2 aromatic carbocycles. The Morgan fingerprint density at radius 1 is 1.08 bits per heavy atom. The van der Waals surface area contributed by atoms with Crippen LogP contribution in [0.4, 0.5) is 0 Å². The average molecular weight is 562 g/mol. The zero-order chi connectivity index (χ0) is 27.2. The number of nitrogens with zero attached hydrogens (tertiary/aromatic N) is 4. The fourth-order valence-electron chi connectivity index (χ4n) is 4.02. The molecule has 0 radical (unpaired) electrons. The van der Waals surface area contributed by atoms with Gasteiger partial charge in [0, 0.05) is 11.9 Å². The summed E-state index contributed by atoms with van der Waals surface area (Å²) < 4.78 is 18.2. The number of carbonyl (C=O) groups excluding carboxylic acids is 1. The summed E-state index contributed by atoms with van der Waals surface area (Å²) in [6, 6.07) is 17.5. The summed E-state index contributed by atoms with van der Waals surface area (Å²) in [6.07, 6.45) is 2.28. The third-order valence-corrected chi connectivity index (χ3v) is 7.96. The summed E-state index contributed by atoms with van der Waals surface area (Å²) in [5.41, 5.74) is 3.51. The minimum absolute atomic E-state index is 0.203. The zero-order valence-corrected chi connectivity index (χ0v) is 23.3. The largest absolute Gasteiger partial charge is 0.493 e. The molecule has 0 atom stereocenters. The van der Waals surface area contributed by atoms with E-state index in [1.54, 1.807) is 25.9 Å². The topological polar surface area (TPSA) is 104 Å². The van der Waals surface area contributed by atoms with E-state index in [-0.39, 0.29) is 5.91 Å². The SMILES string of the molecule is COc1ccc(CCNC(=O)c2csc(CSc3nnc(-c4ccco4)n3-c3ccccc3C)n2)cc1OC. The van der Waals surface area contributed by atoms with E-state index in [1.807, 2.05) is 66.1 Å². The van der Waals surface area contributed by atoms with Gasteiger partial charge in [-0.05, 0) is 54.8 Å². The van der Waals surface area contributed by atoms with E-state index in [0.717, 1.165) is 21.8 Å². The molecular weight excluding hydrogens is 534 g/mol. The smallest absolute Gasteiger partial charge is 0.270 e. The number of benzene rings is 2. The molecule has 39 heavy (non-hydrogen) atoms. The molecule has 3 aromatic heterocycles. The van der Waals surface area contributed by atoms with Crippen LogP contribution >= 0.6 is 23.1 Å². The van der Waals surface area contributed by atoms with Gasteiger partial charge in [-0.15, -0.1) is 21.5 Å². The molecule has 1 N–H and O–H groups in total. The lowest BCUT2D eigenvalue weighted by Gasteiger charge is -2.11. The minimum Gasteiger partial charge on any atom is -0.493 e. The lowest BCUT2D eigenvalue weighted by molar-refractivity contribution is 0.0949. The highest BCUT2D eigenvalue weighted by Crippen LogP contribution is 2.32. The molecule has 0 aliphatic rings. The molecule has 0 spiro atoms. The fraction of sp³-hybridized carbons (Fsp3) is 0.214. The molecule has 11 heteroatoms. The van der Waals surface area contributed by atoms with Gasteiger partial charge in [0.2, 0.25) is 5.82 Å². The molecule has 0 saturated heterocycles. The van der Waals surface area contributed by atoms with Gasteiger partial charge in [0.1, 0.15) is 10.7 Å². The van der Waals surface area contributed by atoms with Crippen LogP contribution in [0.5, 0.6) is 11.5 Å². The third kappa shape index (κ3) is 5.99. The van der Waals surface area contributed by atoms with Gasteiger partial charge in [-0.25, -0.2) is 4.98 Å². The molecular formula is C28H27N5O4S2. The number of thioether (sulfide) groups is 1. The summed E-state index contributed by atoms with van der Waals surface area (Å²) in [6.45, 7) is 2.53. The van der Waals surface area contributed by atoms with E-state index in [1.165, 1.54) is 23.1 Å². The first-order valence-corrected chi connectivity index (χ1v) is 14.1. The highest BCUT2D eigenvalue weighted by molar-refractivity contribution is 7.98. The number of para-hydroxylation sites is 1. The Labute approximate surface area is 234 Å². The van der Waals surface area contributed by atoms with Crippen LogP contribution in [-0.4, -0.2) is 46.4 Å². The number of aromatic nitrogens is 4. The van der Waals surface area contributed by atoms with Gasteiger partial charge in [0.25, 0.3) is 5.91 Å². The van der Waals surface area contributed by atoms with Crippen LogP contribution in [0.1, 0.15) is 26.6 Å². The maximum absolute atomic E-state index is 12.7. The second-order valence-corrected chi connectivity index (χ2v) is 10.4. The number of methoxy groups -OCH3 is 2. The van der Waals surface area contributed by atoms with Gasteiger partial charge in [-0.1, -0.05) is 36.0 Å². The highest BCUT2D eigenvalue weighted by Gasteiger charge is 2.20. The number of ether oxygens (including phenoxy) is 2. The zero-order valence-electron chi connectivity index (χ0n) is 21.7. The summed E-state index contributed by atoms with van der Waals surface area (Å²) in [5.74, 6) is 2.95. The normalized spacial score (nSPS) is 10.9. The van der Waals surface area contributed by atoms with Gasteiger partial charge in [0.15, 0.2) is 22.4 Å². The number of hydrogen-bond acceptors (Lipinski definition) is 9. The Balaban J connectivity index is 1.23. The van der Waals surface area contributed by atoms with E-state index in [0.29, 0.717) is 52.7 Å². The van der Waals surface area contributed by atoms with Gasteiger partial charge in [-0.3, -0.25) is 9.36 Å². The lowest BCUT2D eigenvalue weighted by Crippen LogP contribution is -2.26. The molecule has 0 fully saturated rings. The first-order valence-electron chi connectivity index (χ1n) is 12.2. The Morgan fingerprint density at radius 3 is 2.69 bits per heavy atom. The van der Waals surface area contributed by atoms with Crippen molar-refractivity contribution in [1.82, 2.24) is 25.1 Å². The fourth-order valence-corrected chi connectivity index (χ4v) is 5.75. The van der Waals surface area contributed by atoms with Gasteiger partial charge < -0.3 is 19.2 Å². The number of nitrogens with one attached hydrogen (secondary N) is 1. The molecule has 5 aromatic rings. The monoisotopic (exact) mass is 561 g/mol. The second kappa shape index (κ2) is 12.2. The summed E-state index contributed by atoms with van der Waals surface area (Å²) in [4.78, 5) is 17.3. The lowest BCUT2D eigenvalue weighted by atomic mass is 10.1. The first kappa shape index (κ1) is 26.5. The van der Waals surface area contributed by atoms with Crippen LogP contribution in [0.2, 0.25) is 0 Å². The Kier molecular flexibility index (Phi) is 8.28. The van der Waals surface area contributed by atoms with Crippen molar-refractivity contribution < 1.29 is 18.7 Å². The van der Waals surface area contributed by atoms with E-state index >= 15 is 0 Å². The van der Waals surface area contributed by atoms with Crippen molar-refractivity contribution in [3.05, 3.63) is 88.1 Å². The Morgan fingerprint density at radius 2 is 1.92 bits per heavy atom. The number of thiazole rings is 1. The molecule has 0 bridgehead atoms. The van der Waals surface area contributed by atoms with Crippen LogP contribution in [0.3, 0.4) is 0 Å². The Hall–Kier alpha value is -4.09. The third-order valence-electron chi connectivity index (χ3n) is 5.99. The van der Waals surface area contributed by atoms with Crippen molar-refractivity contribution in [2.45, 2.75) is 24.3 Å². The van der Waals surface area contributed by atoms with Crippen LogP contribution in [0.15, 0.2) is 75.8 Å². The Bertz CT molecular complexity index is 1560. The first-order chi connectivity index (χ1) is 19.1. The van der Waals surface area contributed by atoms with Crippen LogP contribution in [0, 0.1) is 6.92 Å². The van der Waals surface area contributed by atoms with Crippen molar-refractivity contribution in [1.29, 1.82) is 0 Å². The number of aryl methyl sites for hydroxylation is 1. The predicted molar refractivity (Wildman–Crippen MR) is 151 cm³/mol. The number of hydrogen-bond donors (Lipinski definition) is 1. The number of carbonyl (C=O) groups is 1. The number of rotatable bonds is 11. The number of amides is 1. The van der Waals surface area contributed by atoms with Crippen molar-refractivity contribution in [3.8, 4) is 28.8 Å². The number of furan rings is 1. The van der Waals surface area contributed by atoms with Gasteiger partial charge in [0.05, 0.1) is 31.9 Å². The quantitative estimate of drug-likeness (QED) is 0.209. The molecule has 0 saturated carbocycles. The van der Waals surface area contributed by atoms with Crippen LogP contribution in [-0.2, 0) is 12.2 Å². The van der Waals surface area contributed by atoms with Crippen molar-refractivity contribution in [2.75, 3.05) is 20.8 Å². The average Bonchev–Trinajstić information content (AvgIpc) is 3.73. The molecule has 5 rings (SSSR count). The maximum atomic E-state index is 12.7. The van der Waals surface area contributed by atoms with Crippen molar-refractivity contribution in [2.24, 2.45) is 0 Å². The van der Waals surface area contributed by atoms with Crippen molar-refractivity contribution in [3.63, 3.8) is 0 Å². The molecule has 9 nitrogen and oxygen atoms in total. The summed E-state index contributed by atoms with van der Waals surface area (Å²) in [7, 11) is 3.21. The van der Waals surface area contributed by atoms with Crippen molar-refractivity contribution >= 4 is 29.0 Å². The second-order valence-electron chi connectivity index (χ2n) is 8.52. The maximum Gasteiger partial charge on any atom is 0.270 e. The van der Waals surface area contributed by atoms with Gasteiger partial charge in [-0.2, -0.15) is 0 Å². The molecule has 0 aliphatic heterocycles. The van der Waals surface area contributed by atoms with Crippen LogP contribution in [0.25, 0.3) is 17.3 Å². The highest BCUT2D eigenvalue weighted by atomic mass is 32.2. The summed E-state index contributed by atoms with van der Waals surface area (Å²) >= 11 is 2.96. The van der Waals surface area contributed by atoms with E-state index in [2.05, 4.69) is 20.5 Å². The molecule has 1 amide bonds. The summed E-state index contributed by atoms with van der Waals surface area (Å²) in [5, 5.41) is 15.1. The molecule has 200 valence electrons. The molecule has 0 unspecified atom stereocenters. The van der Waals surface area contributed by atoms with Gasteiger partial charge >= 0.3 is 0 Å². The van der Waals surface area contributed by atoms with E-state index in [4.69, 9.17) is 13.9 Å². The van der Waals surface area contributed by atoms with Crippen LogP contribution < -0.4 is 14.8 Å². The predicted octanol–water partition coefficient (Wildman–Crippen LogP) is 5.57. The van der Waals surface area contributed by atoms with E-state index in [9.17, 15) is 4.79 Å². The molecule has 0 aliphatic carbocycles.